The van der Waals surface area contributed by atoms with Crippen LogP contribution in [0.2, 0.25) is 0 Å². The summed E-state index contributed by atoms with van der Waals surface area (Å²) in [5.41, 5.74) is 0. The first-order valence-electron chi connectivity index (χ1n) is 5.35. The Morgan fingerprint density at radius 1 is 1.63 bits per heavy atom. The number of carbonyl (C=O) groups excluding carboxylic acids is 2. The van der Waals surface area contributed by atoms with Crippen LogP contribution in [0.25, 0.3) is 0 Å². The van der Waals surface area contributed by atoms with Gasteiger partial charge in [0.15, 0.2) is 10.7 Å². The van der Waals surface area contributed by atoms with Gasteiger partial charge in [-0.15, -0.1) is 6.58 Å². The third-order valence-corrected chi connectivity index (χ3v) is 2.45. The van der Waals surface area contributed by atoms with Crippen LogP contribution in [0.4, 0.5) is 5.82 Å². The standard InChI is InChI=1S/C11H13Cl2N3O3/c1-3-4-16(11(18)10(12)13)6-9(17)14-8-5-7(2)19-15-8/h3,5,10H,1,4,6H2,2H3,(H,14,15,17). The van der Waals surface area contributed by atoms with Gasteiger partial charge in [0.2, 0.25) is 5.91 Å². The number of amides is 2. The lowest BCUT2D eigenvalue weighted by Crippen LogP contribution is -2.40. The van der Waals surface area contributed by atoms with Gasteiger partial charge >= 0.3 is 0 Å². The molecule has 1 aromatic rings. The summed E-state index contributed by atoms with van der Waals surface area (Å²) in [7, 11) is 0. The highest BCUT2D eigenvalue weighted by atomic mass is 35.5. The molecule has 2 amide bonds. The number of nitrogens with zero attached hydrogens (tertiary/aromatic N) is 2. The Kier molecular flexibility index (Phi) is 5.85. The minimum atomic E-state index is -1.22. The first kappa shape index (κ1) is 15.5. The molecule has 1 rings (SSSR count). The van der Waals surface area contributed by atoms with Gasteiger partial charge in [0, 0.05) is 12.6 Å². The van der Waals surface area contributed by atoms with E-state index in [1.807, 2.05) is 0 Å². The fourth-order valence-electron chi connectivity index (χ4n) is 1.31. The van der Waals surface area contributed by atoms with Gasteiger partial charge < -0.3 is 14.7 Å². The largest absolute Gasteiger partial charge is 0.360 e. The van der Waals surface area contributed by atoms with Crippen LogP contribution in [0, 0.1) is 6.92 Å². The van der Waals surface area contributed by atoms with Crippen molar-refractivity contribution >= 4 is 40.8 Å². The van der Waals surface area contributed by atoms with Crippen LogP contribution in [-0.4, -0.2) is 39.8 Å². The average molecular weight is 306 g/mol. The van der Waals surface area contributed by atoms with Gasteiger partial charge in [0.25, 0.3) is 5.91 Å². The number of halogens is 2. The Balaban J connectivity index is 2.61. The highest BCUT2D eigenvalue weighted by molar-refractivity contribution is 6.53. The molecule has 0 aliphatic rings. The fourth-order valence-corrected chi connectivity index (χ4v) is 1.58. The summed E-state index contributed by atoms with van der Waals surface area (Å²) in [4.78, 5) is 23.3. The van der Waals surface area contributed by atoms with Gasteiger partial charge in [-0.1, -0.05) is 34.4 Å². The van der Waals surface area contributed by atoms with E-state index in [1.165, 1.54) is 11.0 Å². The molecule has 0 unspecified atom stereocenters. The molecule has 0 bridgehead atoms. The van der Waals surface area contributed by atoms with Crippen LogP contribution in [0.3, 0.4) is 0 Å². The lowest BCUT2D eigenvalue weighted by Gasteiger charge is -2.20. The second-order valence-corrected chi connectivity index (χ2v) is 4.78. The third-order valence-electron chi connectivity index (χ3n) is 2.08. The predicted octanol–water partition coefficient (Wildman–Crippen LogP) is 1.74. The van der Waals surface area contributed by atoms with E-state index in [0.29, 0.717) is 5.76 Å². The molecule has 0 saturated heterocycles. The lowest BCUT2D eigenvalue weighted by atomic mass is 10.4. The zero-order valence-corrected chi connectivity index (χ0v) is 11.7. The van der Waals surface area contributed by atoms with E-state index >= 15 is 0 Å². The number of hydrogen-bond donors (Lipinski definition) is 1. The van der Waals surface area contributed by atoms with Crippen LogP contribution in [0.5, 0.6) is 0 Å². The summed E-state index contributed by atoms with van der Waals surface area (Å²) in [6.07, 6.45) is 1.47. The highest BCUT2D eigenvalue weighted by Crippen LogP contribution is 2.09. The van der Waals surface area contributed by atoms with Crippen molar-refractivity contribution in [3.05, 3.63) is 24.5 Å². The molecule has 0 saturated carbocycles. The Bertz CT molecular complexity index is 474. The lowest BCUT2D eigenvalue weighted by molar-refractivity contribution is -0.132. The van der Waals surface area contributed by atoms with Gasteiger partial charge in [-0.05, 0) is 6.92 Å². The normalized spacial score (nSPS) is 10.3. The van der Waals surface area contributed by atoms with E-state index in [2.05, 4.69) is 17.1 Å². The molecule has 1 heterocycles. The molecule has 19 heavy (non-hydrogen) atoms. The Hall–Kier alpha value is -1.53. The van der Waals surface area contributed by atoms with Crippen molar-refractivity contribution in [3.8, 4) is 0 Å². The molecule has 0 radical (unpaired) electrons. The van der Waals surface area contributed by atoms with Crippen LogP contribution < -0.4 is 5.32 Å². The van der Waals surface area contributed by atoms with E-state index in [0.717, 1.165) is 0 Å². The first-order valence-corrected chi connectivity index (χ1v) is 6.22. The van der Waals surface area contributed by atoms with Crippen molar-refractivity contribution in [1.29, 1.82) is 0 Å². The maximum atomic E-state index is 11.7. The molecule has 0 aromatic carbocycles. The number of hydrogen-bond acceptors (Lipinski definition) is 4. The molecular formula is C11H13Cl2N3O3. The monoisotopic (exact) mass is 305 g/mol. The third kappa shape index (κ3) is 4.92. The van der Waals surface area contributed by atoms with Crippen molar-refractivity contribution in [1.82, 2.24) is 10.1 Å². The summed E-state index contributed by atoms with van der Waals surface area (Å²) >= 11 is 11.0. The number of aromatic nitrogens is 1. The first-order chi connectivity index (χ1) is 8.93. The van der Waals surface area contributed by atoms with Gasteiger partial charge in [-0.25, -0.2) is 0 Å². The van der Waals surface area contributed by atoms with Crippen LogP contribution in [0.15, 0.2) is 23.2 Å². The molecule has 1 N–H and O–H groups in total. The Morgan fingerprint density at radius 2 is 2.32 bits per heavy atom. The maximum Gasteiger partial charge on any atom is 0.256 e. The molecule has 1 aromatic heterocycles. The van der Waals surface area contributed by atoms with E-state index in [1.54, 1.807) is 13.0 Å². The number of rotatable bonds is 6. The summed E-state index contributed by atoms with van der Waals surface area (Å²) < 4.78 is 4.80. The van der Waals surface area contributed by atoms with E-state index < -0.39 is 16.7 Å². The van der Waals surface area contributed by atoms with E-state index in [-0.39, 0.29) is 18.9 Å². The summed E-state index contributed by atoms with van der Waals surface area (Å²) in [6, 6.07) is 1.56. The summed E-state index contributed by atoms with van der Waals surface area (Å²) in [6.45, 7) is 5.16. The molecular weight excluding hydrogens is 293 g/mol. The minimum Gasteiger partial charge on any atom is -0.360 e. The van der Waals surface area contributed by atoms with Crippen molar-refractivity contribution < 1.29 is 14.1 Å². The number of alkyl halides is 2. The smallest absolute Gasteiger partial charge is 0.256 e. The molecule has 104 valence electrons. The van der Waals surface area contributed by atoms with Crippen LogP contribution >= 0.6 is 23.2 Å². The van der Waals surface area contributed by atoms with Crippen molar-refractivity contribution in [3.63, 3.8) is 0 Å². The number of nitrogens with one attached hydrogen (secondary N) is 1. The molecule has 6 nitrogen and oxygen atoms in total. The second kappa shape index (κ2) is 7.16. The summed E-state index contributed by atoms with van der Waals surface area (Å²) in [5.74, 6) is -0.148. The zero-order valence-electron chi connectivity index (χ0n) is 10.2. The van der Waals surface area contributed by atoms with Gasteiger partial charge in [0.1, 0.15) is 12.3 Å². The van der Waals surface area contributed by atoms with Crippen molar-refractivity contribution in [2.24, 2.45) is 0 Å². The molecule has 0 spiro atoms. The highest BCUT2D eigenvalue weighted by Gasteiger charge is 2.21. The molecule has 0 aliphatic carbocycles. The average Bonchev–Trinajstić information content (AvgIpc) is 2.73. The molecule has 8 heteroatoms. The number of aryl methyl sites for hydroxylation is 1. The second-order valence-electron chi connectivity index (χ2n) is 3.68. The van der Waals surface area contributed by atoms with Crippen molar-refractivity contribution in [2.45, 2.75) is 11.8 Å². The predicted molar refractivity (Wildman–Crippen MR) is 72.1 cm³/mol. The van der Waals surface area contributed by atoms with Crippen LogP contribution in [-0.2, 0) is 9.59 Å². The van der Waals surface area contributed by atoms with Gasteiger partial charge in [-0.3, -0.25) is 9.59 Å². The topological polar surface area (TPSA) is 75.4 Å². The number of carbonyl (C=O) groups is 2. The van der Waals surface area contributed by atoms with Crippen LogP contribution in [0.1, 0.15) is 5.76 Å². The van der Waals surface area contributed by atoms with Gasteiger partial charge in [-0.2, -0.15) is 0 Å². The van der Waals surface area contributed by atoms with Gasteiger partial charge in [0.05, 0.1) is 0 Å². The summed E-state index contributed by atoms with van der Waals surface area (Å²) in [5, 5.41) is 6.09. The molecule has 0 atom stereocenters. The zero-order chi connectivity index (χ0) is 14.4. The van der Waals surface area contributed by atoms with Crippen molar-refractivity contribution in [2.75, 3.05) is 18.4 Å². The molecule has 0 aliphatic heterocycles. The minimum absolute atomic E-state index is 0.167. The quantitative estimate of drug-likeness (QED) is 0.641. The van der Waals surface area contributed by atoms with E-state index in [9.17, 15) is 9.59 Å². The fraction of sp³-hybridized carbons (Fsp3) is 0.364. The SMILES string of the molecule is C=CCN(CC(=O)Nc1cc(C)on1)C(=O)C(Cl)Cl. The maximum absolute atomic E-state index is 11.7. The Morgan fingerprint density at radius 3 is 2.79 bits per heavy atom. The Labute approximate surface area is 120 Å². The molecule has 0 fully saturated rings. The van der Waals surface area contributed by atoms with E-state index in [4.69, 9.17) is 27.7 Å². The number of anilines is 1.